The molecule has 0 fully saturated rings. The molecule has 0 aliphatic heterocycles. The van der Waals surface area contributed by atoms with Crippen LogP contribution in [0.2, 0.25) is 0 Å². The van der Waals surface area contributed by atoms with E-state index in [1.54, 1.807) is 11.3 Å². The molecule has 14 heavy (non-hydrogen) atoms. The molecule has 0 bridgehead atoms. The van der Waals surface area contributed by atoms with Crippen LogP contribution in [0, 0.1) is 2.88 Å². The number of hydrogen-bond acceptors (Lipinski definition) is 2. The molecule has 1 amide bonds. The average molecular weight is 323 g/mol. The summed E-state index contributed by atoms with van der Waals surface area (Å²) >= 11 is 3.81. The first kappa shape index (κ1) is 12.0. The van der Waals surface area contributed by atoms with Crippen LogP contribution in [-0.2, 0) is 0 Å². The molecule has 2 nitrogen and oxygen atoms in total. The molecule has 0 aromatic carbocycles. The van der Waals surface area contributed by atoms with Gasteiger partial charge in [0, 0.05) is 10.9 Å². The lowest BCUT2D eigenvalue weighted by Crippen LogP contribution is -2.42. The monoisotopic (exact) mass is 323 g/mol. The SMILES string of the molecule is CCC(C)(C)NC(=O)c1csc(I)c1. The third kappa shape index (κ3) is 3.24. The molecule has 1 aromatic rings. The highest BCUT2D eigenvalue weighted by Gasteiger charge is 2.19. The van der Waals surface area contributed by atoms with Gasteiger partial charge in [-0.05, 0) is 48.9 Å². The van der Waals surface area contributed by atoms with E-state index in [9.17, 15) is 4.79 Å². The number of nitrogens with one attached hydrogen (secondary N) is 1. The molecule has 0 spiro atoms. The van der Waals surface area contributed by atoms with Gasteiger partial charge in [0.25, 0.3) is 5.91 Å². The van der Waals surface area contributed by atoms with Gasteiger partial charge >= 0.3 is 0 Å². The Morgan fingerprint density at radius 3 is 2.71 bits per heavy atom. The Labute approximate surface area is 102 Å². The van der Waals surface area contributed by atoms with Crippen molar-refractivity contribution in [3.8, 4) is 0 Å². The summed E-state index contributed by atoms with van der Waals surface area (Å²) in [6, 6.07) is 1.91. The normalized spacial score (nSPS) is 11.4. The van der Waals surface area contributed by atoms with Crippen LogP contribution in [0.3, 0.4) is 0 Å². The fraction of sp³-hybridized carbons (Fsp3) is 0.500. The van der Waals surface area contributed by atoms with E-state index in [1.807, 2.05) is 25.3 Å². The van der Waals surface area contributed by atoms with Crippen LogP contribution in [0.15, 0.2) is 11.4 Å². The summed E-state index contributed by atoms with van der Waals surface area (Å²) < 4.78 is 1.14. The van der Waals surface area contributed by atoms with Gasteiger partial charge < -0.3 is 5.32 Å². The average Bonchev–Trinajstić information content (AvgIpc) is 2.51. The van der Waals surface area contributed by atoms with Crippen LogP contribution in [0.1, 0.15) is 37.6 Å². The second-order valence-corrected chi connectivity index (χ2v) is 6.64. The molecule has 1 aromatic heterocycles. The number of carbonyl (C=O) groups is 1. The lowest BCUT2D eigenvalue weighted by atomic mass is 10.0. The van der Waals surface area contributed by atoms with Crippen molar-refractivity contribution in [3.05, 3.63) is 19.9 Å². The molecule has 0 aliphatic rings. The van der Waals surface area contributed by atoms with Gasteiger partial charge in [-0.2, -0.15) is 0 Å². The highest BCUT2D eigenvalue weighted by Crippen LogP contribution is 2.17. The van der Waals surface area contributed by atoms with E-state index in [2.05, 4.69) is 34.8 Å². The van der Waals surface area contributed by atoms with E-state index >= 15 is 0 Å². The molecule has 78 valence electrons. The lowest BCUT2D eigenvalue weighted by molar-refractivity contribution is 0.0911. The third-order valence-corrected chi connectivity index (χ3v) is 3.95. The van der Waals surface area contributed by atoms with Gasteiger partial charge in [0.15, 0.2) is 0 Å². The fourth-order valence-electron chi connectivity index (χ4n) is 0.897. The largest absolute Gasteiger partial charge is 0.347 e. The van der Waals surface area contributed by atoms with Gasteiger partial charge in [-0.1, -0.05) is 6.92 Å². The zero-order valence-electron chi connectivity index (χ0n) is 8.56. The minimum absolute atomic E-state index is 0.0241. The lowest BCUT2D eigenvalue weighted by Gasteiger charge is -2.24. The summed E-state index contributed by atoms with van der Waals surface area (Å²) in [7, 11) is 0. The molecular formula is C10H14INOS. The Kier molecular flexibility index (Phi) is 3.94. The van der Waals surface area contributed by atoms with E-state index in [-0.39, 0.29) is 11.4 Å². The highest BCUT2D eigenvalue weighted by atomic mass is 127. The quantitative estimate of drug-likeness (QED) is 0.850. The zero-order valence-corrected chi connectivity index (χ0v) is 11.5. The van der Waals surface area contributed by atoms with Crippen LogP contribution in [-0.4, -0.2) is 11.4 Å². The predicted molar refractivity (Wildman–Crippen MR) is 68.9 cm³/mol. The Balaban J connectivity index is 2.68. The number of rotatable bonds is 3. The Morgan fingerprint density at radius 2 is 2.29 bits per heavy atom. The Bertz CT molecular complexity index is 333. The maximum absolute atomic E-state index is 11.7. The number of thiophene rings is 1. The van der Waals surface area contributed by atoms with Crippen molar-refractivity contribution >= 4 is 39.8 Å². The van der Waals surface area contributed by atoms with Crippen LogP contribution in [0.4, 0.5) is 0 Å². The topological polar surface area (TPSA) is 29.1 Å². The molecule has 0 radical (unpaired) electrons. The van der Waals surface area contributed by atoms with Crippen LogP contribution in [0.5, 0.6) is 0 Å². The number of carbonyl (C=O) groups excluding carboxylic acids is 1. The van der Waals surface area contributed by atoms with E-state index in [0.717, 1.165) is 14.9 Å². The highest BCUT2D eigenvalue weighted by molar-refractivity contribution is 14.1. The predicted octanol–water partition coefficient (Wildman–Crippen LogP) is 3.27. The van der Waals surface area contributed by atoms with Crippen LogP contribution in [0.25, 0.3) is 0 Å². The second-order valence-electron chi connectivity index (χ2n) is 3.83. The molecule has 1 N–H and O–H groups in total. The van der Waals surface area contributed by atoms with Crippen molar-refractivity contribution < 1.29 is 4.79 Å². The first-order valence-corrected chi connectivity index (χ1v) is 6.47. The third-order valence-electron chi connectivity index (χ3n) is 2.17. The first-order chi connectivity index (χ1) is 6.44. The summed E-state index contributed by atoms with van der Waals surface area (Å²) in [6.45, 7) is 6.13. The second kappa shape index (κ2) is 4.61. The summed E-state index contributed by atoms with van der Waals surface area (Å²) in [5, 5.41) is 4.89. The molecule has 0 aliphatic carbocycles. The Morgan fingerprint density at radius 1 is 1.64 bits per heavy atom. The van der Waals surface area contributed by atoms with Crippen molar-refractivity contribution in [1.29, 1.82) is 0 Å². The van der Waals surface area contributed by atoms with Gasteiger partial charge in [-0.3, -0.25) is 4.79 Å². The van der Waals surface area contributed by atoms with Crippen LogP contribution >= 0.6 is 33.9 Å². The Hall–Kier alpha value is -0.100. The molecule has 0 saturated carbocycles. The van der Waals surface area contributed by atoms with Crippen molar-refractivity contribution in [2.45, 2.75) is 32.7 Å². The first-order valence-electron chi connectivity index (χ1n) is 4.51. The van der Waals surface area contributed by atoms with Crippen molar-refractivity contribution in [2.24, 2.45) is 0 Å². The van der Waals surface area contributed by atoms with E-state index in [0.29, 0.717) is 0 Å². The van der Waals surface area contributed by atoms with Crippen molar-refractivity contribution in [3.63, 3.8) is 0 Å². The van der Waals surface area contributed by atoms with E-state index in [1.165, 1.54) is 0 Å². The molecule has 0 saturated heterocycles. The molecule has 1 heterocycles. The molecule has 0 unspecified atom stereocenters. The summed E-state index contributed by atoms with van der Waals surface area (Å²) in [4.78, 5) is 11.7. The molecular weight excluding hydrogens is 309 g/mol. The molecule has 4 heteroatoms. The maximum Gasteiger partial charge on any atom is 0.252 e. The summed E-state index contributed by atoms with van der Waals surface area (Å²) in [5.74, 6) is 0.0241. The number of amides is 1. The van der Waals surface area contributed by atoms with Gasteiger partial charge in [-0.25, -0.2) is 0 Å². The zero-order chi connectivity index (χ0) is 10.8. The number of halogens is 1. The smallest absolute Gasteiger partial charge is 0.252 e. The number of hydrogen-bond donors (Lipinski definition) is 1. The summed E-state index contributed by atoms with van der Waals surface area (Å²) in [5.41, 5.74) is 0.644. The van der Waals surface area contributed by atoms with Gasteiger partial charge in [-0.15, -0.1) is 11.3 Å². The van der Waals surface area contributed by atoms with Gasteiger partial charge in [0.1, 0.15) is 0 Å². The van der Waals surface area contributed by atoms with E-state index in [4.69, 9.17) is 0 Å². The molecule has 0 atom stereocenters. The maximum atomic E-state index is 11.7. The van der Waals surface area contributed by atoms with Crippen molar-refractivity contribution in [1.82, 2.24) is 5.32 Å². The van der Waals surface area contributed by atoms with Gasteiger partial charge in [0.05, 0.1) is 8.45 Å². The minimum atomic E-state index is -0.121. The van der Waals surface area contributed by atoms with Gasteiger partial charge in [0.2, 0.25) is 0 Å². The van der Waals surface area contributed by atoms with E-state index < -0.39 is 0 Å². The van der Waals surface area contributed by atoms with Crippen molar-refractivity contribution in [2.75, 3.05) is 0 Å². The molecule has 1 rings (SSSR count). The minimum Gasteiger partial charge on any atom is -0.347 e. The standard InChI is InChI=1S/C10H14INOS/c1-4-10(2,3)12-9(13)7-5-8(11)14-6-7/h5-6H,4H2,1-3H3,(H,12,13). The summed E-state index contributed by atoms with van der Waals surface area (Å²) in [6.07, 6.45) is 0.931. The van der Waals surface area contributed by atoms with Crippen LogP contribution < -0.4 is 5.32 Å². The fourth-order valence-corrected chi connectivity index (χ4v) is 2.22.